The van der Waals surface area contributed by atoms with Gasteiger partial charge in [0.25, 0.3) is 0 Å². The lowest BCUT2D eigenvalue weighted by atomic mass is 10.0. The Morgan fingerprint density at radius 2 is 2.14 bits per heavy atom. The van der Waals surface area contributed by atoms with Crippen molar-refractivity contribution in [3.63, 3.8) is 0 Å². The maximum absolute atomic E-state index is 13.9. The number of carbonyl (C=O) groups is 1. The summed E-state index contributed by atoms with van der Waals surface area (Å²) in [6, 6.07) is 1.90. The lowest BCUT2D eigenvalue weighted by molar-refractivity contribution is 0.0300. The molecule has 1 aliphatic heterocycles. The molecule has 1 amide bonds. The molecule has 2 heterocycles. The van der Waals surface area contributed by atoms with E-state index in [1.807, 2.05) is 25.3 Å². The molecule has 0 saturated carbocycles. The number of hydrogen-bond donors (Lipinski definition) is 1. The van der Waals surface area contributed by atoms with Gasteiger partial charge in [-0.15, -0.1) is 0 Å². The maximum atomic E-state index is 13.9. The fourth-order valence-electron chi connectivity index (χ4n) is 3.31. The maximum Gasteiger partial charge on any atom is 0.410 e. The van der Waals surface area contributed by atoms with E-state index in [0.29, 0.717) is 29.7 Å². The summed E-state index contributed by atoms with van der Waals surface area (Å²) < 4.78 is 40.8. The summed E-state index contributed by atoms with van der Waals surface area (Å²) in [7, 11) is 1.67. The molecule has 0 radical (unpaired) electrons. The van der Waals surface area contributed by atoms with Gasteiger partial charge in [-0.1, -0.05) is 0 Å². The summed E-state index contributed by atoms with van der Waals surface area (Å²) >= 11 is 5.41. The van der Waals surface area contributed by atoms with Crippen LogP contribution in [-0.4, -0.2) is 46.3 Å². The molecule has 0 bridgehead atoms. The number of amides is 1. The van der Waals surface area contributed by atoms with Crippen molar-refractivity contribution in [3.8, 4) is 5.75 Å². The average Bonchev–Trinajstić information content (AvgIpc) is 2.98. The first-order valence-corrected chi connectivity index (χ1v) is 9.79. The van der Waals surface area contributed by atoms with Gasteiger partial charge in [-0.3, -0.25) is 0 Å². The normalized spacial score (nSPS) is 16.1. The number of aromatic nitrogens is 2. The van der Waals surface area contributed by atoms with Gasteiger partial charge >= 0.3 is 6.09 Å². The number of aromatic amines is 1. The van der Waals surface area contributed by atoms with Crippen LogP contribution in [0.15, 0.2) is 18.3 Å². The Morgan fingerprint density at radius 3 is 2.83 bits per heavy atom. The Bertz CT molecular complexity index is 965. The Balaban J connectivity index is 1.73. The van der Waals surface area contributed by atoms with E-state index in [4.69, 9.17) is 21.7 Å². The van der Waals surface area contributed by atoms with Crippen LogP contribution in [0, 0.1) is 16.4 Å². The third-order valence-electron chi connectivity index (χ3n) is 4.63. The van der Waals surface area contributed by atoms with Crippen molar-refractivity contribution < 1.29 is 23.0 Å². The summed E-state index contributed by atoms with van der Waals surface area (Å²) in [5.41, 5.74) is 0.780. The molecular weight excluding hydrogens is 400 g/mol. The first-order valence-electron chi connectivity index (χ1n) is 9.39. The predicted octanol–water partition coefficient (Wildman–Crippen LogP) is 4.41. The Hall–Kier alpha value is -2.42. The lowest BCUT2D eigenvalue weighted by Crippen LogP contribution is -2.35. The molecule has 0 aliphatic carbocycles. The Morgan fingerprint density at radius 1 is 1.41 bits per heavy atom. The van der Waals surface area contributed by atoms with Gasteiger partial charge in [0, 0.05) is 50.0 Å². The zero-order valence-corrected chi connectivity index (χ0v) is 17.7. The van der Waals surface area contributed by atoms with E-state index < -0.39 is 23.3 Å². The molecule has 1 atom stereocenters. The van der Waals surface area contributed by atoms with Gasteiger partial charge in [0.05, 0.1) is 6.04 Å². The van der Waals surface area contributed by atoms with Crippen LogP contribution in [0.5, 0.6) is 5.75 Å². The molecule has 29 heavy (non-hydrogen) atoms. The lowest BCUT2D eigenvalue weighted by Gasteiger charge is -2.28. The number of H-pyrrole nitrogens is 1. The van der Waals surface area contributed by atoms with Gasteiger partial charge in [0.2, 0.25) is 0 Å². The average molecular weight is 426 g/mol. The molecule has 0 spiro atoms. The van der Waals surface area contributed by atoms with Crippen molar-refractivity contribution in [1.82, 2.24) is 14.5 Å². The van der Waals surface area contributed by atoms with Crippen LogP contribution in [0.4, 0.5) is 13.6 Å². The molecule has 3 rings (SSSR count). The summed E-state index contributed by atoms with van der Waals surface area (Å²) in [5.74, 6) is -1.24. The molecule has 2 aromatic rings. The first kappa shape index (κ1) is 21.3. The summed E-state index contributed by atoms with van der Waals surface area (Å²) in [5, 5.41) is 0. The molecule has 1 aliphatic rings. The number of rotatable bonds is 4. The quantitative estimate of drug-likeness (QED) is 0.738. The second kappa shape index (κ2) is 8.14. The first-order chi connectivity index (χ1) is 13.5. The number of likely N-dealkylation sites (N-methyl/N-ethyl adjacent to an activating group) is 1. The van der Waals surface area contributed by atoms with Crippen molar-refractivity contribution >= 4 is 18.3 Å². The Kier molecular flexibility index (Phi) is 5.97. The standard InChI is InChI=1S/C20H25F2N3O3S/c1-20(2,3)28-19(26)24(4)6-5-14-10-23-18(29)25(14)15-8-12-7-13(21)9-16(22)17(12)27-11-15/h7,9-10,15H,5-6,8,11H2,1-4H3,(H,23,29)/t15-/m1/s1. The number of carbonyl (C=O) groups excluding carboxylic acids is 1. The largest absolute Gasteiger partial charge is 0.488 e. The van der Waals surface area contributed by atoms with E-state index in [1.54, 1.807) is 13.2 Å². The van der Waals surface area contributed by atoms with Gasteiger partial charge in [-0.25, -0.2) is 13.6 Å². The Labute approximate surface area is 173 Å². The minimum Gasteiger partial charge on any atom is -0.488 e. The predicted molar refractivity (Wildman–Crippen MR) is 107 cm³/mol. The van der Waals surface area contributed by atoms with E-state index in [9.17, 15) is 13.6 Å². The van der Waals surface area contributed by atoms with Crippen molar-refractivity contribution in [1.29, 1.82) is 0 Å². The third-order valence-corrected chi connectivity index (χ3v) is 4.94. The SMILES string of the molecule is CN(CCc1c[nH]c(=S)n1[C@H]1COc2c(F)cc(F)cc2C1)C(=O)OC(C)(C)C. The second-order valence-electron chi connectivity index (χ2n) is 8.15. The highest BCUT2D eigenvalue weighted by atomic mass is 32.1. The number of halogens is 2. The smallest absolute Gasteiger partial charge is 0.410 e. The minimum absolute atomic E-state index is 0.0934. The van der Waals surface area contributed by atoms with Gasteiger partial charge in [-0.2, -0.15) is 0 Å². The van der Waals surface area contributed by atoms with Crippen LogP contribution in [0.3, 0.4) is 0 Å². The van der Waals surface area contributed by atoms with Crippen molar-refractivity contribution in [2.45, 2.75) is 45.3 Å². The molecule has 0 unspecified atom stereocenters. The molecular formula is C20H25F2N3O3S. The number of ether oxygens (including phenoxy) is 2. The van der Waals surface area contributed by atoms with Crippen LogP contribution in [0.2, 0.25) is 0 Å². The molecule has 158 valence electrons. The number of fused-ring (bicyclic) bond motifs is 1. The highest BCUT2D eigenvalue weighted by Crippen LogP contribution is 2.33. The monoisotopic (exact) mass is 425 g/mol. The van der Waals surface area contributed by atoms with Gasteiger partial charge in [-0.05, 0) is 39.1 Å². The van der Waals surface area contributed by atoms with Crippen LogP contribution >= 0.6 is 12.2 Å². The van der Waals surface area contributed by atoms with E-state index in [0.717, 1.165) is 11.8 Å². The van der Waals surface area contributed by atoms with Gasteiger partial charge in [0.15, 0.2) is 16.3 Å². The second-order valence-corrected chi connectivity index (χ2v) is 8.54. The molecule has 1 aromatic heterocycles. The van der Waals surface area contributed by atoms with Crippen molar-refractivity contribution in [2.24, 2.45) is 0 Å². The number of hydrogen-bond acceptors (Lipinski definition) is 4. The molecule has 1 N–H and O–H groups in total. The van der Waals surface area contributed by atoms with Crippen LogP contribution in [0.25, 0.3) is 0 Å². The molecule has 0 saturated heterocycles. The molecule has 0 fully saturated rings. The van der Waals surface area contributed by atoms with Crippen molar-refractivity contribution in [2.75, 3.05) is 20.2 Å². The molecule has 1 aromatic carbocycles. The van der Waals surface area contributed by atoms with Gasteiger partial charge in [0.1, 0.15) is 18.0 Å². The zero-order valence-electron chi connectivity index (χ0n) is 16.9. The van der Waals surface area contributed by atoms with Crippen LogP contribution in [-0.2, 0) is 17.6 Å². The van der Waals surface area contributed by atoms with Gasteiger partial charge < -0.3 is 23.9 Å². The topological polar surface area (TPSA) is 59.5 Å². The summed E-state index contributed by atoms with van der Waals surface area (Å²) in [6.45, 7) is 6.09. The number of benzene rings is 1. The zero-order chi connectivity index (χ0) is 21.3. The molecule has 6 nitrogen and oxygen atoms in total. The number of nitrogens with one attached hydrogen (secondary N) is 1. The van der Waals surface area contributed by atoms with E-state index in [1.165, 1.54) is 11.0 Å². The molecule has 9 heteroatoms. The highest BCUT2D eigenvalue weighted by Gasteiger charge is 2.27. The summed E-state index contributed by atoms with van der Waals surface area (Å²) in [6.07, 6.45) is 2.31. The fraction of sp³-hybridized carbons (Fsp3) is 0.500. The van der Waals surface area contributed by atoms with Crippen molar-refractivity contribution in [3.05, 3.63) is 46.0 Å². The number of imidazole rings is 1. The van der Waals surface area contributed by atoms with Crippen LogP contribution in [0.1, 0.15) is 38.1 Å². The fourth-order valence-corrected chi connectivity index (χ4v) is 3.63. The van der Waals surface area contributed by atoms with E-state index in [2.05, 4.69) is 4.98 Å². The van der Waals surface area contributed by atoms with E-state index in [-0.39, 0.29) is 18.4 Å². The minimum atomic E-state index is -0.699. The van der Waals surface area contributed by atoms with E-state index >= 15 is 0 Å². The number of nitrogens with zero attached hydrogens (tertiary/aromatic N) is 2. The third kappa shape index (κ3) is 4.95. The highest BCUT2D eigenvalue weighted by molar-refractivity contribution is 7.71. The van der Waals surface area contributed by atoms with Crippen LogP contribution < -0.4 is 4.74 Å². The summed E-state index contributed by atoms with van der Waals surface area (Å²) in [4.78, 5) is 16.7.